The van der Waals surface area contributed by atoms with Crippen molar-refractivity contribution in [2.45, 2.75) is 6.92 Å². The molecular formula is C13H9Cl2N3. The number of nitrogens with one attached hydrogen (secondary N) is 1. The quantitative estimate of drug-likeness (QED) is 0.890. The number of anilines is 2. The highest BCUT2D eigenvalue weighted by molar-refractivity contribution is 6.35. The van der Waals surface area contributed by atoms with Gasteiger partial charge in [0, 0.05) is 5.02 Å². The molecule has 0 saturated carbocycles. The summed E-state index contributed by atoms with van der Waals surface area (Å²) in [7, 11) is 0. The lowest BCUT2D eigenvalue weighted by Gasteiger charge is -2.09. The minimum absolute atomic E-state index is 0.342. The van der Waals surface area contributed by atoms with Crippen LogP contribution in [0.2, 0.25) is 10.0 Å². The van der Waals surface area contributed by atoms with Crippen LogP contribution in [0.3, 0.4) is 0 Å². The zero-order valence-corrected chi connectivity index (χ0v) is 11.0. The molecule has 2 rings (SSSR count). The largest absolute Gasteiger partial charge is 0.339 e. The molecule has 1 aromatic carbocycles. The summed E-state index contributed by atoms with van der Waals surface area (Å²) >= 11 is 12.2. The van der Waals surface area contributed by atoms with Gasteiger partial charge >= 0.3 is 0 Å². The Kier molecular flexibility index (Phi) is 3.71. The molecule has 0 fully saturated rings. The third-order valence-corrected chi connectivity index (χ3v) is 3.09. The van der Waals surface area contributed by atoms with Crippen molar-refractivity contribution in [3.8, 4) is 6.07 Å². The van der Waals surface area contributed by atoms with E-state index in [2.05, 4.69) is 10.3 Å². The number of benzene rings is 1. The Morgan fingerprint density at radius 2 is 2.00 bits per heavy atom. The van der Waals surface area contributed by atoms with Gasteiger partial charge in [0.1, 0.15) is 17.6 Å². The molecule has 0 radical (unpaired) electrons. The van der Waals surface area contributed by atoms with Crippen molar-refractivity contribution in [3.63, 3.8) is 0 Å². The molecule has 0 atom stereocenters. The summed E-state index contributed by atoms with van der Waals surface area (Å²) in [6, 6.07) is 10.6. The van der Waals surface area contributed by atoms with Crippen LogP contribution in [-0.2, 0) is 0 Å². The average Bonchev–Trinajstić information content (AvgIpc) is 2.36. The summed E-state index contributed by atoms with van der Waals surface area (Å²) < 4.78 is 0. The van der Waals surface area contributed by atoms with Crippen molar-refractivity contribution in [2.75, 3.05) is 5.32 Å². The average molecular weight is 278 g/mol. The lowest BCUT2D eigenvalue weighted by atomic mass is 10.2. The third kappa shape index (κ3) is 2.73. The molecule has 0 aliphatic rings. The molecule has 1 N–H and O–H groups in total. The molecule has 0 bridgehead atoms. The number of aryl methyl sites for hydroxylation is 1. The minimum Gasteiger partial charge on any atom is -0.339 e. The molecule has 1 heterocycles. The van der Waals surface area contributed by atoms with Crippen molar-refractivity contribution in [3.05, 3.63) is 51.6 Å². The first-order valence-corrected chi connectivity index (χ1v) is 5.95. The maximum Gasteiger partial charge on any atom is 0.142 e. The first kappa shape index (κ1) is 12.7. The summed E-state index contributed by atoms with van der Waals surface area (Å²) in [6.45, 7) is 1.88. The summed E-state index contributed by atoms with van der Waals surface area (Å²) in [5.74, 6) is 0.552. The molecule has 0 amide bonds. The number of nitrogens with zero attached hydrogens (tertiary/aromatic N) is 2. The Bertz CT molecular complexity index is 633. The van der Waals surface area contributed by atoms with E-state index in [4.69, 9.17) is 28.5 Å². The maximum atomic E-state index is 8.78. The molecule has 0 aliphatic carbocycles. The maximum absolute atomic E-state index is 8.78. The Morgan fingerprint density at radius 1 is 1.22 bits per heavy atom. The molecule has 0 unspecified atom stereocenters. The van der Waals surface area contributed by atoms with Gasteiger partial charge in [-0.3, -0.25) is 0 Å². The van der Waals surface area contributed by atoms with Crippen molar-refractivity contribution >= 4 is 34.7 Å². The second-order valence-corrected chi connectivity index (χ2v) is 4.54. The molecule has 0 aliphatic heterocycles. The predicted octanol–water partition coefficient (Wildman–Crippen LogP) is 4.31. The molecule has 0 saturated heterocycles. The summed E-state index contributed by atoms with van der Waals surface area (Å²) in [6.07, 6.45) is 0. The van der Waals surface area contributed by atoms with Gasteiger partial charge < -0.3 is 5.32 Å². The fourth-order valence-corrected chi connectivity index (χ4v) is 1.88. The molecular weight excluding hydrogens is 269 g/mol. The van der Waals surface area contributed by atoms with Crippen molar-refractivity contribution in [1.82, 2.24) is 4.98 Å². The number of hydrogen-bond acceptors (Lipinski definition) is 3. The second-order valence-electron chi connectivity index (χ2n) is 3.73. The van der Waals surface area contributed by atoms with E-state index < -0.39 is 0 Å². The summed E-state index contributed by atoms with van der Waals surface area (Å²) in [5, 5.41) is 13.0. The number of pyridine rings is 1. The summed E-state index contributed by atoms with van der Waals surface area (Å²) in [5.41, 5.74) is 1.91. The fraction of sp³-hybridized carbons (Fsp3) is 0.0769. The zero-order chi connectivity index (χ0) is 13.1. The predicted molar refractivity (Wildman–Crippen MR) is 73.4 cm³/mol. The van der Waals surface area contributed by atoms with E-state index >= 15 is 0 Å². The Balaban J connectivity index is 2.34. The van der Waals surface area contributed by atoms with Gasteiger partial charge in [0.2, 0.25) is 0 Å². The first-order chi connectivity index (χ1) is 8.60. The van der Waals surface area contributed by atoms with Gasteiger partial charge in [-0.25, -0.2) is 4.98 Å². The fourth-order valence-electron chi connectivity index (χ4n) is 1.45. The van der Waals surface area contributed by atoms with E-state index in [-0.39, 0.29) is 0 Å². The zero-order valence-electron chi connectivity index (χ0n) is 9.54. The van der Waals surface area contributed by atoms with Gasteiger partial charge in [0.15, 0.2) is 0 Å². The van der Waals surface area contributed by atoms with Gasteiger partial charge in [-0.2, -0.15) is 5.26 Å². The van der Waals surface area contributed by atoms with Crippen LogP contribution in [0, 0.1) is 18.3 Å². The number of rotatable bonds is 2. The van der Waals surface area contributed by atoms with Gasteiger partial charge in [-0.1, -0.05) is 29.3 Å². The number of nitriles is 1. The van der Waals surface area contributed by atoms with Crippen LogP contribution in [-0.4, -0.2) is 4.98 Å². The van der Waals surface area contributed by atoms with Crippen molar-refractivity contribution < 1.29 is 0 Å². The highest BCUT2D eigenvalue weighted by atomic mass is 35.5. The highest BCUT2D eigenvalue weighted by Crippen LogP contribution is 2.30. The second kappa shape index (κ2) is 5.26. The van der Waals surface area contributed by atoms with E-state index in [9.17, 15) is 0 Å². The van der Waals surface area contributed by atoms with Crippen molar-refractivity contribution in [2.24, 2.45) is 0 Å². The normalized spacial score (nSPS) is 9.89. The molecule has 90 valence electrons. The molecule has 3 nitrogen and oxygen atoms in total. The van der Waals surface area contributed by atoms with Crippen LogP contribution in [0.15, 0.2) is 30.3 Å². The van der Waals surface area contributed by atoms with Crippen LogP contribution in [0.25, 0.3) is 0 Å². The SMILES string of the molecule is Cc1cc(Cl)c(Nc2cccc(C#N)n2)cc1Cl. The standard InChI is InChI=1S/C13H9Cl2N3/c1-8-5-11(15)12(6-10(8)14)18-13-4-2-3-9(7-16)17-13/h2-6H,1H3,(H,17,18). The van der Waals surface area contributed by atoms with Gasteiger partial charge in [-0.05, 0) is 36.8 Å². The van der Waals surface area contributed by atoms with Gasteiger partial charge in [0.05, 0.1) is 10.7 Å². The lowest BCUT2D eigenvalue weighted by Crippen LogP contribution is -1.96. The van der Waals surface area contributed by atoms with Crippen LogP contribution in [0.4, 0.5) is 11.5 Å². The Labute approximate surface area is 115 Å². The minimum atomic E-state index is 0.342. The van der Waals surface area contributed by atoms with Crippen LogP contribution >= 0.6 is 23.2 Å². The summed E-state index contributed by atoms with van der Waals surface area (Å²) in [4.78, 5) is 4.11. The lowest BCUT2D eigenvalue weighted by molar-refractivity contribution is 1.25. The number of halogens is 2. The van der Waals surface area contributed by atoms with Gasteiger partial charge in [0.25, 0.3) is 0 Å². The molecule has 1 aromatic heterocycles. The topological polar surface area (TPSA) is 48.7 Å². The number of aromatic nitrogens is 1. The molecule has 2 aromatic rings. The third-order valence-electron chi connectivity index (χ3n) is 2.37. The molecule has 18 heavy (non-hydrogen) atoms. The smallest absolute Gasteiger partial charge is 0.142 e. The molecule has 0 spiro atoms. The monoisotopic (exact) mass is 277 g/mol. The molecule has 5 heteroatoms. The highest BCUT2D eigenvalue weighted by Gasteiger charge is 2.06. The van der Waals surface area contributed by atoms with E-state index in [0.29, 0.717) is 27.2 Å². The van der Waals surface area contributed by atoms with E-state index in [1.54, 1.807) is 30.3 Å². The Morgan fingerprint density at radius 3 is 2.72 bits per heavy atom. The van der Waals surface area contributed by atoms with Gasteiger partial charge in [-0.15, -0.1) is 0 Å². The van der Waals surface area contributed by atoms with E-state index in [1.807, 2.05) is 13.0 Å². The van der Waals surface area contributed by atoms with Crippen LogP contribution in [0.5, 0.6) is 0 Å². The van der Waals surface area contributed by atoms with E-state index in [0.717, 1.165) is 5.56 Å². The first-order valence-electron chi connectivity index (χ1n) is 5.20. The van der Waals surface area contributed by atoms with Crippen molar-refractivity contribution in [1.29, 1.82) is 5.26 Å². The van der Waals surface area contributed by atoms with E-state index in [1.165, 1.54) is 0 Å². The van der Waals surface area contributed by atoms with Crippen LogP contribution < -0.4 is 5.32 Å². The Hall–Kier alpha value is -1.76. The number of hydrogen-bond donors (Lipinski definition) is 1. The van der Waals surface area contributed by atoms with Crippen LogP contribution in [0.1, 0.15) is 11.3 Å².